The molecule has 0 bridgehead atoms. The molecule has 1 aliphatic rings. The lowest BCUT2D eigenvalue weighted by molar-refractivity contribution is -0.129. The number of ether oxygens (including phenoxy) is 3. The van der Waals surface area contributed by atoms with E-state index >= 15 is 0 Å². The number of esters is 1. The molecule has 0 aliphatic carbocycles. The quantitative estimate of drug-likeness (QED) is 0.201. The van der Waals surface area contributed by atoms with E-state index in [0.29, 0.717) is 29.2 Å². The third-order valence-corrected chi connectivity index (χ3v) is 5.88. The maximum Gasteiger partial charge on any atom is 0.363 e. The zero-order chi connectivity index (χ0) is 21.8. The molecule has 0 spiro atoms. The monoisotopic (exact) mass is 589 g/mol. The van der Waals surface area contributed by atoms with Crippen LogP contribution in [0.2, 0.25) is 0 Å². The molecule has 31 heavy (non-hydrogen) atoms. The predicted molar refractivity (Wildman–Crippen MR) is 131 cm³/mol. The smallest absolute Gasteiger partial charge is 0.363 e. The van der Waals surface area contributed by atoms with E-state index in [2.05, 4.69) is 49.6 Å². The summed E-state index contributed by atoms with van der Waals surface area (Å²) in [6.45, 7) is 0.364. The average Bonchev–Trinajstić information content (AvgIpc) is 3.13. The van der Waals surface area contributed by atoms with Gasteiger partial charge >= 0.3 is 5.97 Å². The molecule has 0 radical (unpaired) electrons. The number of hydrogen-bond acceptors (Lipinski definition) is 5. The van der Waals surface area contributed by atoms with Crippen molar-refractivity contribution in [2.45, 2.75) is 6.61 Å². The first-order chi connectivity index (χ1) is 15.0. The van der Waals surface area contributed by atoms with Crippen LogP contribution in [0.15, 0.2) is 81.9 Å². The van der Waals surface area contributed by atoms with Crippen molar-refractivity contribution in [2.24, 2.45) is 4.99 Å². The van der Waals surface area contributed by atoms with Gasteiger partial charge in [0, 0.05) is 13.6 Å². The van der Waals surface area contributed by atoms with Crippen LogP contribution in [0.5, 0.6) is 11.5 Å². The first-order valence-electron chi connectivity index (χ1n) is 9.37. The van der Waals surface area contributed by atoms with Crippen LogP contribution in [0.3, 0.4) is 0 Å². The van der Waals surface area contributed by atoms with Crippen molar-refractivity contribution in [1.29, 1.82) is 0 Å². The Hall–Kier alpha value is -2.65. The summed E-state index contributed by atoms with van der Waals surface area (Å²) < 4.78 is 18.9. The maximum absolute atomic E-state index is 12.5. The Morgan fingerprint density at radius 2 is 1.90 bits per heavy atom. The van der Waals surface area contributed by atoms with E-state index in [-0.39, 0.29) is 11.6 Å². The number of nitrogens with zero attached hydrogens (tertiary/aromatic N) is 1. The van der Waals surface area contributed by atoms with Gasteiger partial charge in [0.25, 0.3) is 0 Å². The molecular formula is C24H17BrINO4. The molecule has 0 unspecified atom stereocenters. The van der Waals surface area contributed by atoms with E-state index < -0.39 is 5.97 Å². The van der Waals surface area contributed by atoms with Crippen LogP contribution >= 0.6 is 38.5 Å². The summed E-state index contributed by atoms with van der Waals surface area (Å²) in [5.74, 6) is 0.847. The largest absolute Gasteiger partial charge is 0.493 e. The Kier molecular flexibility index (Phi) is 6.72. The van der Waals surface area contributed by atoms with Crippen LogP contribution < -0.4 is 9.47 Å². The Morgan fingerprint density at radius 1 is 1.10 bits per heavy atom. The second-order valence-corrected chi connectivity index (χ2v) is 8.71. The molecule has 7 heteroatoms. The van der Waals surface area contributed by atoms with E-state index in [4.69, 9.17) is 14.2 Å². The summed E-state index contributed by atoms with van der Waals surface area (Å²) in [6.07, 6.45) is 1.65. The number of methoxy groups -OCH3 is 1. The molecule has 5 nitrogen and oxygen atoms in total. The molecule has 0 aromatic heterocycles. The highest BCUT2D eigenvalue weighted by atomic mass is 127. The summed E-state index contributed by atoms with van der Waals surface area (Å²) in [7, 11) is 1.58. The molecule has 0 saturated carbocycles. The summed E-state index contributed by atoms with van der Waals surface area (Å²) >= 11 is 5.73. The van der Waals surface area contributed by atoms with Crippen molar-refractivity contribution in [2.75, 3.05) is 7.11 Å². The minimum absolute atomic E-state index is 0.193. The van der Waals surface area contributed by atoms with Crippen LogP contribution in [-0.4, -0.2) is 19.0 Å². The van der Waals surface area contributed by atoms with Gasteiger partial charge in [-0.05, 0) is 80.5 Å². The van der Waals surface area contributed by atoms with E-state index in [1.54, 1.807) is 13.2 Å². The lowest BCUT2D eigenvalue weighted by Crippen LogP contribution is -2.06. The van der Waals surface area contributed by atoms with Crippen molar-refractivity contribution in [1.82, 2.24) is 0 Å². The third kappa shape index (κ3) is 4.99. The average molecular weight is 590 g/mol. The Labute approximate surface area is 202 Å². The number of hydrogen-bond donors (Lipinski definition) is 0. The van der Waals surface area contributed by atoms with E-state index in [1.807, 2.05) is 60.7 Å². The second-order valence-electron chi connectivity index (χ2n) is 6.61. The fourth-order valence-corrected chi connectivity index (χ4v) is 4.11. The molecule has 3 aromatic rings. The summed E-state index contributed by atoms with van der Waals surface area (Å²) in [6, 6.07) is 21.0. The van der Waals surface area contributed by atoms with Crippen LogP contribution in [-0.2, 0) is 16.1 Å². The van der Waals surface area contributed by atoms with Gasteiger partial charge in [0.05, 0.1) is 12.7 Å². The number of rotatable bonds is 6. The molecule has 0 saturated heterocycles. The summed E-state index contributed by atoms with van der Waals surface area (Å²) in [4.78, 5) is 16.9. The highest BCUT2D eigenvalue weighted by Crippen LogP contribution is 2.34. The lowest BCUT2D eigenvalue weighted by atomic mass is 10.1. The van der Waals surface area contributed by atoms with Gasteiger partial charge in [-0.25, -0.2) is 9.79 Å². The topological polar surface area (TPSA) is 57.1 Å². The first-order valence-corrected chi connectivity index (χ1v) is 11.2. The van der Waals surface area contributed by atoms with E-state index in [0.717, 1.165) is 13.6 Å². The minimum atomic E-state index is -0.517. The number of halogens is 2. The standard InChI is InChI=1S/C24H17BrINO4/c1-29-21-11-5-7-16(22(21)30-14-15-6-4-8-17(26)12-15)13-20-24(28)31-23(27-20)18-9-2-3-10-19(18)25/h2-13H,14H2,1H3/b20-13-. The lowest BCUT2D eigenvalue weighted by Gasteiger charge is -2.13. The van der Waals surface area contributed by atoms with Crippen LogP contribution in [0, 0.1) is 3.57 Å². The van der Waals surface area contributed by atoms with Gasteiger partial charge < -0.3 is 14.2 Å². The fraction of sp³-hybridized carbons (Fsp3) is 0.0833. The third-order valence-electron chi connectivity index (χ3n) is 4.52. The maximum atomic E-state index is 12.5. The van der Waals surface area contributed by atoms with Gasteiger partial charge in [0.15, 0.2) is 17.2 Å². The molecular weight excluding hydrogens is 573 g/mol. The zero-order valence-corrected chi connectivity index (χ0v) is 20.2. The van der Waals surface area contributed by atoms with Crippen LogP contribution in [0.4, 0.5) is 0 Å². The Morgan fingerprint density at radius 3 is 2.68 bits per heavy atom. The molecule has 1 aliphatic heterocycles. The van der Waals surface area contributed by atoms with Gasteiger partial charge in [0.2, 0.25) is 5.90 Å². The number of para-hydroxylation sites is 1. The first kappa shape index (κ1) is 21.6. The van der Waals surface area contributed by atoms with Crippen LogP contribution in [0.25, 0.3) is 6.08 Å². The molecule has 1 heterocycles. The summed E-state index contributed by atoms with van der Waals surface area (Å²) in [5.41, 5.74) is 2.61. The summed E-state index contributed by atoms with van der Waals surface area (Å²) in [5, 5.41) is 0. The number of cyclic esters (lactones) is 1. The SMILES string of the molecule is COc1cccc(/C=C2\N=C(c3ccccc3Br)OC2=O)c1OCc1cccc(I)c1. The second kappa shape index (κ2) is 9.65. The normalized spacial score (nSPS) is 14.4. The number of aliphatic imine (C=N–C) groups is 1. The highest BCUT2D eigenvalue weighted by molar-refractivity contribution is 14.1. The minimum Gasteiger partial charge on any atom is -0.493 e. The number of carbonyl (C=O) groups is 1. The predicted octanol–water partition coefficient (Wildman–Crippen LogP) is 5.99. The van der Waals surface area contributed by atoms with E-state index in [9.17, 15) is 4.79 Å². The molecule has 0 atom stereocenters. The molecule has 0 N–H and O–H groups in total. The molecule has 0 fully saturated rings. The molecule has 3 aromatic carbocycles. The van der Waals surface area contributed by atoms with Crippen molar-refractivity contribution in [3.05, 3.63) is 97.2 Å². The van der Waals surface area contributed by atoms with Crippen molar-refractivity contribution < 1.29 is 19.0 Å². The van der Waals surface area contributed by atoms with Crippen molar-refractivity contribution >= 4 is 56.5 Å². The van der Waals surface area contributed by atoms with Crippen molar-refractivity contribution in [3.63, 3.8) is 0 Å². The zero-order valence-electron chi connectivity index (χ0n) is 16.5. The fourth-order valence-electron chi connectivity index (χ4n) is 3.05. The molecule has 4 rings (SSSR count). The van der Waals surface area contributed by atoms with Crippen LogP contribution in [0.1, 0.15) is 16.7 Å². The van der Waals surface area contributed by atoms with Gasteiger partial charge in [-0.2, -0.15) is 0 Å². The Balaban J connectivity index is 1.67. The van der Waals surface area contributed by atoms with E-state index in [1.165, 1.54) is 0 Å². The van der Waals surface area contributed by atoms with Gasteiger partial charge in [-0.1, -0.05) is 36.4 Å². The number of carbonyl (C=O) groups excluding carboxylic acids is 1. The Bertz CT molecular complexity index is 1210. The van der Waals surface area contributed by atoms with Crippen molar-refractivity contribution in [3.8, 4) is 11.5 Å². The highest BCUT2D eigenvalue weighted by Gasteiger charge is 2.26. The van der Waals surface area contributed by atoms with Gasteiger partial charge in [-0.3, -0.25) is 0 Å². The molecule has 156 valence electrons. The van der Waals surface area contributed by atoms with Gasteiger partial charge in [-0.15, -0.1) is 0 Å². The number of benzene rings is 3. The molecule has 0 amide bonds. The van der Waals surface area contributed by atoms with Gasteiger partial charge in [0.1, 0.15) is 6.61 Å².